The summed E-state index contributed by atoms with van der Waals surface area (Å²) in [6.07, 6.45) is 4.42. The fourth-order valence-corrected chi connectivity index (χ4v) is 5.16. The van der Waals surface area contributed by atoms with Crippen LogP contribution in [0.2, 0.25) is 5.02 Å². The van der Waals surface area contributed by atoms with E-state index in [2.05, 4.69) is 25.1 Å². The van der Waals surface area contributed by atoms with Crippen LogP contribution in [0.25, 0.3) is 0 Å². The van der Waals surface area contributed by atoms with Crippen molar-refractivity contribution in [3.63, 3.8) is 0 Å². The van der Waals surface area contributed by atoms with E-state index in [-0.39, 0.29) is 15.0 Å². The van der Waals surface area contributed by atoms with Gasteiger partial charge in [-0.25, -0.2) is 13.1 Å². The first-order chi connectivity index (χ1) is 13.5. The van der Waals surface area contributed by atoms with Gasteiger partial charge in [0.05, 0.1) is 10.6 Å². The molecule has 1 aliphatic rings. The molecule has 1 aliphatic heterocycles. The number of hydrogen-bond donors (Lipinski definition) is 2. The molecule has 28 heavy (non-hydrogen) atoms. The van der Waals surface area contributed by atoms with E-state index in [1.807, 2.05) is 0 Å². The number of hydrogen-bond acceptors (Lipinski definition) is 7. The summed E-state index contributed by atoms with van der Waals surface area (Å²) in [4.78, 5) is 14.6. The number of carbonyl (C=O) groups is 1. The van der Waals surface area contributed by atoms with Crippen LogP contribution in [-0.2, 0) is 10.0 Å². The van der Waals surface area contributed by atoms with Crippen molar-refractivity contribution in [2.75, 3.05) is 31.5 Å². The molecule has 0 saturated carbocycles. The predicted molar refractivity (Wildman–Crippen MR) is 109 cm³/mol. The van der Waals surface area contributed by atoms with Crippen LogP contribution in [0.4, 0.5) is 5.13 Å². The smallest absolute Gasteiger partial charge is 0.269 e. The molecule has 1 aromatic carbocycles. The largest absolute Gasteiger partial charge is 0.303 e. The maximum absolute atomic E-state index is 12.4. The first-order valence-electron chi connectivity index (χ1n) is 9.07. The second kappa shape index (κ2) is 9.75. The molecule has 1 amide bonds. The number of likely N-dealkylation sites (tertiary alicyclic amines) is 1. The van der Waals surface area contributed by atoms with Crippen LogP contribution in [0.3, 0.4) is 0 Å². The van der Waals surface area contributed by atoms with Gasteiger partial charge in [0.15, 0.2) is 0 Å². The van der Waals surface area contributed by atoms with Gasteiger partial charge < -0.3 is 4.90 Å². The van der Waals surface area contributed by atoms with Gasteiger partial charge in [-0.1, -0.05) is 41.5 Å². The molecule has 3 rings (SSSR count). The van der Waals surface area contributed by atoms with E-state index in [1.165, 1.54) is 19.3 Å². The fraction of sp³-hybridized carbons (Fsp3) is 0.471. The molecule has 2 aromatic rings. The summed E-state index contributed by atoms with van der Waals surface area (Å²) in [5.41, 5.74) is 0.277. The molecule has 1 saturated heterocycles. The maximum Gasteiger partial charge on any atom is 0.269 e. The Morgan fingerprint density at radius 2 is 1.93 bits per heavy atom. The number of aromatic nitrogens is 2. The van der Waals surface area contributed by atoms with Gasteiger partial charge in [-0.05, 0) is 51.0 Å². The number of halogens is 1. The van der Waals surface area contributed by atoms with Crippen LogP contribution in [-0.4, -0.2) is 55.6 Å². The molecule has 2 heterocycles. The Hall–Kier alpha value is -1.59. The zero-order chi connectivity index (χ0) is 20.0. The highest BCUT2D eigenvalue weighted by Gasteiger charge is 2.21. The van der Waals surface area contributed by atoms with Crippen LogP contribution < -0.4 is 10.0 Å². The minimum Gasteiger partial charge on any atom is -0.303 e. The van der Waals surface area contributed by atoms with E-state index in [0.717, 1.165) is 37.4 Å². The topological polar surface area (TPSA) is 104 Å². The molecule has 2 N–H and O–H groups in total. The quantitative estimate of drug-likeness (QED) is 0.480. The summed E-state index contributed by atoms with van der Waals surface area (Å²) in [6, 6.07) is 6.57. The minimum absolute atomic E-state index is 0.0959. The van der Waals surface area contributed by atoms with Gasteiger partial charge in [0, 0.05) is 6.54 Å². The number of carbonyl (C=O) groups excluding carboxylic acids is 1. The molecule has 0 atom stereocenters. The third-order valence-corrected chi connectivity index (χ3v) is 7.36. The molecule has 1 fully saturated rings. The molecule has 152 valence electrons. The number of sulfonamides is 1. The molecule has 0 bridgehead atoms. The summed E-state index contributed by atoms with van der Waals surface area (Å²) in [7, 11) is -3.75. The lowest BCUT2D eigenvalue weighted by molar-refractivity contribution is 0.102. The van der Waals surface area contributed by atoms with E-state index >= 15 is 0 Å². The molecule has 0 aliphatic carbocycles. The summed E-state index contributed by atoms with van der Waals surface area (Å²) in [5.74, 6) is -0.472. The average Bonchev–Trinajstić information content (AvgIpc) is 3.16. The Morgan fingerprint density at radius 1 is 1.18 bits per heavy atom. The fourth-order valence-electron chi connectivity index (χ4n) is 2.93. The standard InChI is InChI=1S/C17H22ClN5O3S2/c18-14-8-3-2-7-13(14)15(24)20-16-21-22-17(27-16)28(25,26)19-9-6-12-23-10-4-1-5-11-23/h2-3,7-8,19H,1,4-6,9-12H2,(H,20,21,24). The van der Waals surface area contributed by atoms with Crippen molar-refractivity contribution in [2.24, 2.45) is 0 Å². The van der Waals surface area contributed by atoms with Gasteiger partial charge in [-0.2, -0.15) is 0 Å². The summed E-state index contributed by atoms with van der Waals surface area (Å²) in [5, 5.41) is 10.4. The van der Waals surface area contributed by atoms with Gasteiger partial charge in [0.1, 0.15) is 0 Å². The van der Waals surface area contributed by atoms with Crippen molar-refractivity contribution < 1.29 is 13.2 Å². The Bertz CT molecular complexity index is 913. The third-order valence-electron chi connectivity index (χ3n) is 4.37. The first-order valence-corrected chi connectivity index (χ1v) is 11.7. The van der Waals surface area contributed by atoms with Crippen LogP contribution in [0.15, 0.2) is 28.6 Å². The van der Waals surface area contributed by atoms with Gasteiger partial charge >= 0.3 is 0 Å². The lowest BCUT2D eigenvalue weighted by Gasteiger charge is -2.26. The number of benzene rings is 1. The number of nitrogens with one attached hydrogen (secondary N) is 2. The molecule has 8 nitrogen and oxygen atoms in total. The number of amides is 1. The van der Waals surface area contributed by atoms with E-state index in [4.69, 9.17) is 11.6 Å². The highest BCUT2D eigenvalue weighted by Crippen LogP contribution is 2.22. The van der Waals surface area contributed by atoms with Crippen molar-refractivity contribution in [3.8, 4) is 0 Å². The third kappa shape index (κ3) is 5.71. The number of piperidine rings is 1. The molecule has 1 aromatic heterocycles. The summed E-state index contributed by atoms with van der Waals surface area (Å²) >= 11 is 6.78. The monoisotopic (exact) mass is 443 g/mol. The lowest BCUT2D eigenvalue weighted by Crippen LogP contribution is -2.33. The predicted octanol–water partition coefficient (Wildman–Crippen LogP) is 2.60. The van der Waals surface area contributed by atoms with E-state index in [1.54, 1.807) is 24.3 Å². The van der Waals surface area contributed by atoms with Crippen molar-refractivity contribution in [3.05, 3.63) is 34.9 Å². The molecule has 0 radical (unpaired) electrons. The number of nitrogens with zero attached hydrogens (tertiary/aromatic N) is 3. The van der Waals surface area contributed by atoms with Crippen molar-refractivity contribution in [1.82, 2.24) is 19.8 Å². The summed E-state index contributed by atoms with van der Waals surface area (Å²) < 4.78 is 27.1. The second-order valence-corrected chi connectivity index (χ2v) is 9.79. The molecule has 11 heteroatoms. The van der Waals surface area contributed by atoms with Crippen LogP contribution in [0.1, 0.15) is 36.0 Å². The first kappa shape index (κ1) is 21.1. The van der Waals surface area contributed by atoms with Gasteiger partial charge in [0.2, 0.25) is 9.47 Å². The lowest BCUT2D eigenvalue weighted by atomic mass is 10.1. The zero-order valence-electron chi connectivity index (χ0n) is 15.2. The summed E-state index contributed by atoms with van der Waals surface area (Å²) in [6.45, 7) is 3.37. The highest BCUT2D eigenvalue weighted by molar-refractivity contribution is 7.91. The number of rotatable bonds is 8. The van der Waals surface area contributed by atoms with Crippen molar-refractivity contribution in [1.29, 1.82) is 0 Å². The Balaban J connectivity index is 1.51. The molecular weight excluding hydrogens is 422 g/mol. The zero-order valence-corrected chi connectivity index (χ0v) is 17.6. The molecular formula is C17H22ClN5O3S2. The van der Waals surface area contributed by atoms with Gasteiger partial charge in [-0.15, -0.1) is 10.2 Å². The van der Waals surface area contributed by atoms with E-state index in [0.29, 0.717) is 11.6 Å². The van der Waals surface area contributed by atoms with Crippen molar-refractivity contribution in [2.45, 2.75) is 30.0 Å². The minimum atomic E-state index is -3.75. The Labute approximate surface area is 173 Å². The van der Waals surface area contributed by atoms with Crippen LogP contribution >= 0.6 is 22.9 Å². The van der Waals surface area contributed by atoms with E-state index in [9.17, 15) is 13.2 Å². The van der Waals surface area contributed by atoms with Crippen molar-refractivity contribution >= 4 is 44.0 Å². The van der Waals surface area contributed by atoms with Crippen LogP contribution in [0, 0.1) is 0 Å². The second-order valence-electron chi connectivity index (χ2n) is 6.46. The molecule has 0 unspecified atom stereocenters. The SMILES string of the molecule is O=C(Nc1nnc(S(=O)(=O)NCCCN2CCCCC2)s1)c1ccccc1Cl. The highest BCUT2D eigenvalue weighted by atomic mass is 35.5. The Kier molecular flexibility index (Phi) is 7.36. The number of anilines is 1. The normalized spacial score (nSPS) is 15.5. The Morgan fingerprint density at radius 3 is 2.68 bits per heavy atom. The average molecular weight is 444 g/mol. The van der Waals surface area contributed by atoms with Gasteiger partial charge in [0.25, 0.3) is 15.9 Å². The maximum atomic E-state index is 12.4. The molecule has 0 spiro atoms. The van der Waals surface area contributed by atoms with E-state index < -0.39 is 15.9 Å². The van der Waals surface area contributed by atoms with Crippen LogP contribution in [0.5, 0.6) is 0 Å². The van der Waals surface area contributed by atoms with Gasteiger partial charge in [-0.3, -0.25) is 10.1 Å².